The van der Waals surface area contributed by atoms with E-state index in [2.05, 4.69) is 33.7 Å². The Labute approximate surface area is 153 Å². The second kappa shape index (κ2) is 6.06. The van der Waals surface area contributed by atoms with Crippen molar-refractivity contribution >= 4 is 10.9 Å². The van der Waals surface area contributed by atoms with Crippen LogP contribution in [0.15, 0.2) is 48.5 Å². The first-order valence-electron chi connectivity index (χ1n) is 9.49. The average molecular weight is 345 g/mol. The lowest BCUT2D eigenvalue weighted by Crippen LogP contribution is -2.44. The Balaban J connectivity index is 1.45. The number of piperidine rings is 1. The summed E-state index contributed by atoms with van der Waals surface area (Å²) < 4.78 is 0. The standard InChI is InChI=1S/C22H23N3O/c26-21-4-2-1-3-18(21)20-12-16-11-15(5-6-19(16)24-25-20)17-13-22(14-17)7-9-23-10-8-22/h1-6,11-12,17,23,26H,7-10,13-14H2. The number of fused-ring (bicyclic) bond motifs is 1. The summed E-state index contributed by atoms with van der Waals surface area (Å²) in [7, 11) is 0. The molecule has 2 aromatic carbocycles. The van der Waals surface area contributed by atoms with E-state index >= 15 is 0 Å². The van der Waals surface area contributed by atoms with Crippen LogP contribution in [0.1, 0.15) is 37.2 Å². The van der Waals surface area contributed by atoms with Crippen molar-refractivity contribution in [1.29, 1.82) is 0 Å². The number of para-hydroxylation sites is 1. The molecule has 4 nitrogen and oxygen atoms in total. The van der Waals surface area contributed by atoms with Crippen LogP contribution >= 0.6 is 0 Å². The number of nitrogens with one attached hydrogen (secondary N) is 1. The summed E-state index contributed by atoms with van der Waals surface area (Å²) in [5.74, 6) is 0.906. The van der Waals surface area contributed by atoms with Gasteiger partial charge in [0.05, 0.1) is 11.2 Å². The van der Waals surface area contributed by atoms with Gasteiger partial charge < -0.3 is 10.4 Å². The molecule has 1 saturated heterocycles. The van der Waals surface area contributed by atoms with E-state index in [-0.39, 0.29) is 5.75 Å². The number of hydrogen-bond donors (Lipinski definition) is 2. The van der Waals surface area contributed by atoms with Gasteiger partial charge in [-0.15, -0.1) is 10.2 Å². The van der Waals surface area contributed by atoms with Crippen molar-refractivity contribution in [2.75, 3.05) is 13.1 Å². The van der Waals surface area contributed by atoms with Crippen LogP contribution in [0.5, 0.6) is 5.75 Å². The molecule has 1 aromatic heterocycles. The van der Waals surface area contributed by atoms with Crippen LogP contribution in [-0.2, 0) is 0 Å². The smallest absolute Gasteiger partial charge is 0.125 e. The van der Waals surface area contributed by atoms with Crippen molar-refractivity contribution in [3.05, 3.63) is 54.1 Å². The molecule has 3 aromatic rings. The molecule has 2 aliphatic rings. The van der Waals surface area contributed by atoms with E-state index in [4.69, 9.17) is 0 Å². The fourth-order valence-corrected chi connectivity index (χ4v) is 4.73. The zero-order valence-electron chi connectivity index (χ0n) is 14.8. The number of phenols is 1. The second-order valence-electron chi connectivity index (χ2n) is 7.92. The third-order valence-electron chi connectivity index (χ3n) is 6.28. The molecule has 2 N–H and O–H groups in total. The molecule has 0 radical (unpaired) electrons. The van der Waals surface area contributed by atoms with Crippen molar-refractivity contribution in [2.45, 2.75) is 31.6 Å². The summed E-state index contributed by atoms with van der Waals surface area (Å²) in [6.45, 7) is 2.34. The predicted octanol–water partition coefficient (Wildman–Crippen LogP) is 4.25. The number of aromatic hydroxyl groups is 1. The van der Waals surface area contributed by atoms with Crippen LogP contribution in [0.4, 0.5) is 0 Å². The van der Waals surface area contributed by atoms with Crippen molar-refractivity contribution in [2.24, 2.45) is 5.41 Å². The lowest BCUT2D eigenvalue weighted by Gasteiger charge is -2.50. The number of nitrogens with zero attached hydrogens (tertiary/aromatic N) is 2. The summed E-state index contributed by atoms with van der Waals surface area (Å²) in [6, 6.07) is 15.9. The van der Waals surface area contributed by atoms with Gasteiger partial charge in [-0.05, 0) is 86.0 Å². The molecule has 132 valence electrons. The van der Waals surface area contributed by atoms with Gasteiger partial charge in [-0.25, -0.2) is 0 Å². The highest BCUT2D eigenvalue weighted by Crippen LogP contribution is 2.56. The van der Waals surface area contributed by atoms with Crippen molar-refractivity contribution in [1.82, 2.24) is 15.5 Å². The first-order valence-corrected chi connectivity index (χ1v) is 9.49. The number of aromatic nitrogens is 2. The lowest BCUT2D eigenvalue weighted by molar-refractivity contribution is 0.0604. The molecule has 0 atom stereocenters. The first kappa shape index (κ1) is 15.8. The fraction of sp³-hybridized carbons (Fsp3) is 0.364. The van der Waals surface area contributed by atoms with Gasteiger partial charge in [-0.3, -0.25) is 0 Å². The molecule has 0 amide bonds. The topological polar surface area (TPSA) is 58.0 Å². The molecule has 4 heteroatoms. The molecule has 0 unspecified atom stereocenters. The van der Waals surface area contributed by atoms with E-state index < -0.39 is 0 Å². The minimum absolute atomic E-state index is 0.240. The van der Waals surface area contributed by atoms with Crippen molar-refractivity contribution < 1.29 is 5.11 Å². The van der Waals surface area contributed by atoms with Gasteiger partial charge in [-0.1, -0.05) is 18.2 Å². The summed E-state index contributed by atoms with van der Waals surface area (Å²) >= 11 is 0. The summed E-state index contributed by atoms with van der Waals surface area (Å²) in [5, 5.41) is 23.3. The molecule has 2 fully saturated rings. The van der Waals surface area contributed by atoms with Crippen LogP contribution in [-0.4, -0.2) is 28.4 Å². The number of phenolic OH excluding ortho intramolecular Hbond substituents is 1. The first-order chi connectivity index (χ1) is 12.7. The van der Waals surface area contributed by atoms with Gasteiger partial charge in [0, 0.05) is 10.9 Å². The van der Waals surface area contributed by atoms with Gasteiger partial charge in [0.25, 0.3) is 0 Å². The van der Waals surface area contributed by atoms with Crippen LogP contribution in [0, 0.1) is 5.41 Å². The molecule has 1 aliphatic carbocycles. The van der Waals surface area contributed by atoms with Gasteiger partial charge in [0.15, 0.2) is 0 Å². The Hall–Kier alpha value is -2.46. The maximum atomic E-state index is 10.1. The van der Waals surface area contributed by atoms with E-state index in [0.29, 0.717) is 11.3 Å². The highest BCUT2D eigenvalue weighted by atomic mass is 16.3. The zero-order chi connectivity index (χ0) is 17.6. The van der Waals surface area contributed by atoms with Crippen LogP contribution < -0.4 is 5.32 Å². The maximum Gasteiger partial charge on any atom is 0.125 e. The molecule has 2 heterocycles. The highest BCUT2D eigenvalue weighted by molar-refractivity contribution is 5.83. The Morgan fingerprint density at radius 2 is 1.77 bits per heavy atom. The van der Waals surface area contributed by atoms with Gasteiger partial charge in [-0.2, -0.15) is 0 Å². The molecule has 1 spiro atoms. The zero-order valence-corrected chi connectivity index (χ0v) is 14.8. The van der Waals surface area contributed by atoms with Gasteiger partial charge in [0.2, 0.25) is 0 Å². The van der Waals surface area contributed by atoms with Gasteiger partial charge in [0.1, 0.15) is 5.75 Å². The normalized spacial score (nSPS) is 19.5. The minimum atomic E-state index is 0.240. The summed E-state index contributed by atoms with van der Waals surface area (Å²) in [4.78, 5) is 0. The fourth-order valence-electron chi connectivity index (χ4n) is 4.73. The quantitative estimate of drug-likeness (QED) is 0.729. The third-order valence-corrected chi connectivity index (χ3v) is 6.28. The molecule has 5 rings (SSSR count). The Morgan fingerprint density at radius 1 is 0.962 bits per heavy atom. The minimum Gasteiger partial charge on any atom is -0.507 e. The third kappa shape index (κ3) is 2.65. The van der Waals surface area contributed by atoms with E-state index in [1.165, 1.54) is 44.3 Å². The van der Waals surface area contributed by atoms with Gasteiger partial charge >= 0.3 is 0 Å². The molecule has 26 heavy (non-hydrogen) atoms. The van der Waals surface area contributed by atoms with Crippen LogP contribution in [0.2, 0.25) is 0 Å². The summed E-state index contributed by atoms with van der Waals surface area (Å²) in [6.07, 6.45) is 5.26. The number of rotatable bonds is 2. The second-order valence-corrected chi connectivity index (χ2v) is 7.92. The average Bonchev–Trinajstić information content (AvgIpc) is 2.66. The Bertz CT molecular complexity index is 955. The van der Waals surface area contributed by atoms with Crippen LogP contribution in [0.25, 0.3) is 22.2 Å². The van der Waals surface area contributed by atoms with Crippen molar-refractivity contribution in [3.8, 4) is 17.0 Å². The maximum absolute atomic E-state index is 10.1. The SMILES string of the molecule is Oc1ccccc1-c1cc2cc(C3CC4(CCNCC4)C3)ccc2nn1. The predicted molar refractivity (Wildman–Crippen MR) is 103 cm³/mol. The number of benzene rings is 2. The van der Waals surface area contributed by atoms with E-state index in [9.17, 15) is 5.11 Å². The largest absolute Gasteiger partial charge is 0.507 e. The Kier molecular flexibility index (Phi) is 3.68. The van der Waals surface area contributed by atoms with Crippen molar-refractivity contribution in [3.63, 3.8) is 0 Å². The molecule has 1 saturated carbocycles. The van der Waals surface area contributed by atoms with E-state index in [0.717, 1.165) is 22.2 Å². The lowest BCUT2D eigenvalue weighted by atomic mass is 9.56. The number of hydrogen-bond acceptors (Lipinski definition) is 4. The van der Waals surface area contributed by atoms with Crippen LogP contribution in [0.3, 0.4) is 0 Å². The Morgan fingerprint density at radius 3 is 2.58 bits per heavy atom. The van der Waals surface area contributed by atoms with E-state index in [1.54, 1.807) is 6.07 Å². The molecular formula is C22H23N3O. The molecule has 0 bridgehead atoms. The monoisotopic (exact) mass is 345 g/mol. The molecule has 1 aliphatic heterocycles. The molecular weight excluding hydrogens is 322 g/mol. The highest BCUT2D eigenvalue weighted by Gasteiger charge is 2.44. The summed E-state index contributed by atoms with van der Waals surface area (Å²) in [5.41, 5.74) is 4.35. The van der Waals surface area contributed by atoms with E-state index in [1.807, 2.05) is 24.3 Å².